The molecule has 0 fully saturated rings. The first kappa shape index (κ1) is 34.4. The summed E-state index contributed by atoms with van der Waals surface area (Å²) >= 11 is 12.6. The lowest BCUT2D eigenvalue weighted by molar-refractivity contribution is -0.141. The van der Waals surface area contributed by atoms with Crippen LogP contribution in [-0.2, 0) is 39.0 Å². The normalized spacial score (nSPS) is 12.8. The number of aryl methyl sites for hydroxylation is 1. The lowest BCUT2D eigenvalue weighted by Gasteiger charge is -2.33. The number of hydrogen-bond acceptors (Lipinski definition) is 4. The number of carbonyl (C=O) groups excluding carboxylic acids is 2. The molecule has 2 atom stereocenters. The molecular weight excluding hydrogens is 605 g/mol. The standard InChI is InChI=1S/C33H41Cl2N3O4S/c1-5-24(3)36-33(40)31(21-26-11-8-7-9-12-26)37(23-27-16-17-28(34)22-30(27)35)32(39)13-10-20-38(43(4,41)42)29-18-14-25(6-2)15-19-29/h7-9,11-12,14-19,22,24,31H,5-6,10,13,20-21,23H2,1-4H3,(H,36,40). The molecule has 0 aliphatic rings. The Labute approximate surface area is 266 Å². The van der Waals surface area contributed by atoms with Gasteiger partial charge in [0, 0.05) is 42.0 Å². The average Bonchev–Trinajstić information content (AvgIpc) is 2.97. The molecule has 1 N–H and O–H groups in total. The molecule has 2 amide bonds. The molecule has 0 aliphatic carbocycles. The third-order valence-electron chi connectivity index (χ3n) is 7.41. The maximum Gasteiger partial charge on any atom is 0.243 e. The molecule has 0 saturated heterocycles. The molecule has 3 rings (SSSR count). The number of benzene rings is 3. The zero-order valence-electron chi connectivity index (χ0n) is 25.2. The molecule has 0 aliphatic heterocycles. The minimum Gasteiger partial charge on any atom is -0.352 e. The van der Waals surface area contributed by atoms with Crippen LogP contribution in [0.2, 0.25) is 10.0 Å². The summed E-state index contributed by atoms with van der Waals surface area (Å²) in [4.78, 5) is 29.2. The number of nitrogens with one attached hydrogen (secondary N) is 1. The summed E-state index contributed by atoms with van der Waals surface area (Å²) in [5, 5.41) is 3.91. The molecule has 10 heteroatoms. The summed E-state index contributed by atoms with van der Waals surface area (Å²) < 4.78 is 26.7. The summed E-state index contributed by atoms with van der Waals surface area (Å²) in [7, 11) is -3.59. The predicted octanol–water partition coefficient (Wildman–Crippen LogP) is 6.66. The summed E-state index contributed by atoms with van der Waals surface area (Å²) in [5.74, 6) is -0.536. The van der Waals surface area contributed by atoms with Gasteiger partial charge in [-0.05, 0) is 67.1 Å². The fourth-order valence-corrected chi connectivity index (χ4v) is 6.16. The van der Waals surface area contributed by atoms with Gasteiger partial charge >= 0.3 is 0 Å². The van der Waals surface area contributed by atoms with Crippen LogP contribution >= 0.6 is 23.2 Å². The van der Waals surface area contributed by atoms with Crippen LogP contribution in [0.25, 0.3) is 0 Å². The third kappa shape index (κ3) is 10.3. The van der Waals surface area contributed by atoms with E-state index in [9.17, 15) is 18.0 Å². The van der Waals surface area contributed by atoms with Gasteiger partial charge < -0.3 is 10.2 Å². The van der Waals surface area contributed by atoms with E-state index in [0.29, 0.717) is 27.7 Å². The maximum absolute atomic E-state index is 14.0. The van der Waals surface area contributed by atoms with Crippen molar-refractivity contribution in [2.24, 2.45) is 0 Å². The van der Waals surface area contributed by atoms with Gasteiger partial charge in [-0.25, -0.2) is 8.42 Å². The van der Waals surface area contributed by atoms with Crippen LogP contribution < -0.4 is 9.62 Å². The highest BCUT2D eigenvalue weighted by Crippen LogP contribution is 2.25. The maximum atomic E-state index is 14.0. The van der Waals surface area contributed by atoms with E-state index in [1.165, 1.54) is 4.31 Å². The SMILES string of the molecule is CCc1ccc(N(CCCC(=O)N(Cc2ccc(Cl)cc2Cl)C(Cc2ccccc2)C(=O)NC(C)CC)S(C)(=O)=O)cc1. The van der Waals surface area contributed by atoms with Crippen molar-refractivity contribution in [2.45, 2.75) is 71.5 Å². The lowest BCUT2D eigenvalue weighted by atomic mass is 10.0. The second-order valence-corrected chi connectivity index (χ2v) is 13.5. The van der Waals surface area contributed by atoms with Crippen LogP contribution in [0.3, 0.4) is 0 Å². The Hall–Kier alpha value is -3.07. The minimum absolute atomic E-state index is 0.0339. The van der Waals surface area contributed by atoms with E-state index in [1.807, 2.05) is 63.2 Å². The molecule has 0 radical (unpaired) electrons. The number of carbonyl (C=O) groups is 2. The fourth-order valence-electron chi connectivity index (χ4n) is 4.73. The summed E-state index contributed by atoms with van der Waals surface area (Å²) in [6, 6.07) is 21.1. The van der Waals surface area contributed by atoms with Gasteiger partial charge in [0.25, 0.3) is 0 Å². The van der Waals surface area contributed by atoms with Gasteiger partial charge in [0.1, 0.15) is 6.04 Å². The van der Waals surface area contributed by atoms with Gasteiger partial charge in [0.2, 0.25) is 21.8 Å². The number of nitrogens with zero attached hydrogens (tertiary/aromatic N) is 2. The predicted molar refractivity (Wildman–Crippen MR) is 176 cm³/mol. The Morgan fingerprint density at radius 2 is 1.60 bits per heavy atom. The number of sulfonamides is 1. The van der Waals surface area contributed by atoms with Crippen molar-refractivity contribution in [3.8, 4) is 0 Å². The summed E-state index contributed by atoms with van der Waals surface area (Å²) in [6.45, 7) is 6.15. The van der Waals surface area contributed by atoms with Crippen LogP contribution in [0.5, 0.6) is 0 Å². The van der Waals surface area contributed by atoms with Crippen LogP contribution in [0.1, 0.15) is 56.7 Å². The van der Waals surface area contributed by atoms with E-state index in [-0.39, 0.29) is 43.8 Å². The second kappa shape index (κ2) is 16.1. The van der Waals surface area contributed by atoms with Crippen molar-refractivity contribution in [3.05, 3.63) is 99.5 Å². The molecule has 0 bridgehead atoms. The number of halogens is 2. The van der Waals surface area contributed by atoms with E-state index >= 15 is 0 Å². The highest BCUT2D eigenvalue weighted by atomic mass is 35.5. The monoisotopic (exact) mass is 645 g/mol. The topological polar surface area (TPSA) is 86.8 Å². The molecule has 2 unspecified atom stereocenters. The number of amides is 2. The molecule has 3 aromatic carbocycles. The molecule has 0 aromatic heterocycles. The molecular formula is C33H41Cl2N3O4S. The zero-order valence-corrected chi connectivity index (χ0v) is 27.6. The minimum atomic E-state index is -3.59. The highest BCUT2D eigenvalue weighted by Gasteiger charge is 2.31. The quantitative estimate of drug-likeness (QED) is 0.200. The number of rotatable bonds is 15. The van der Waals surface area contributed by atoms with Crippen molar-refractivity contribution in [1.82, 2.24) is 10.2 Å². The number of hydrogen-bond donors (Lipinski definition) is 1. The molecule has 43 heavy (non-hydrogen) atoms. The van der Waals surface area contributed by atoms with Crippen molar-refractivity contribution in [1.29, 1.82) is 0 Å². The van der Waals surface area contributed by atoms with E-state index < -0.39 is 16.1 Å². The van der Waals surface area contributed by atoms with Crippen molar-refractivity contribution in [2.75, 3.05) is 17.1 Å². The molecule has 0 heterocycles. The van der Waals surface area contributed by atoms with Gasteiger partial charge in [-0.1, -0.05) is 85.6 Å². The summed E-state index contributed by atoms with van der Waals surface area (Å²) in [5.41, 5.74) is 3.21. The third-order valence-corrected chi connectivity index (χ3v) is 9.19. The van der Waals surface area contributed by atoms with Crippen molar-refractivity contribution in [3.63, 3.8) is 0 Å². The smallest absolute Gasteiger partial charge is 0.243 e. The molecule has 0 saturated carbocycles. The lowest BCUT2D eigenvalue weighted by Crippen LogP contribution is -2.52. The van der Waals surface area contributed by atoms with Crippen molar-refractivity contribution >= 4 is 50.7 Å². The summed E-state index contributed by atoms with van der Waals surface area (Å²) in [6.07, 6.45) is 3.34. The second-order valence-electron chi connectivity index (χ2n) is 10.7. The van der Waals surface area contributed by atoms with Gasteiger partial charge in [-0.3, -0.25) is 13.9 Å². The zero-order chi connectivity index (χ0) is 31.6. The van der Waals surface area contributed by atoms with Crippen LogP contribution in [0, 0.1) is 0 Å². The van der Waals surface area contributed by atoms with E-state index in [2.05, 4.69) is 5.32 Å². The van der Waals surface area contributed by atoms with Crippen LogP contribution in [0.4, 0.5) is 5.69 Å². The molecule has 7 nitrogen and oxygen atoms in total. The Morgan fingerprint density at radius 3 is 2.19 bits per heavy atom. The van der Waals surface area contributed by atoms with Crippen LogP contribution in [0.15, 0.2) is 72.8 Å². The van der Waals surface area contributed by atoms with E-state index in [1.54, 1.807) is 35.2 Å². The Morgan fingerprint density at radius 1 is 0.930 bits per heavy atom. The van der Waals surface area contributed by atoms with Crippen molar-refractivity contribution < 1.29 is 18.0 Å². The Bertz CT molecular complexity index is 1470. The highest BCUT2D eigenvalue weighted by molar-refractivity contribution is 7.92. The molecule has 0 spiro atoms. The van der Waals surface area contributed by atoms with Gasteiger partial charge in [0.15, 0.2) is 0 Å². The molecule has 232 valence electrons. The van der Waals surface area contributed by atoms with E-state index in [4.69, 9.17) is 23.2 Å². The van der Waals surface area contributed by atoms with Gasteiger partial charge in [0.05, 0.1) is 11.9 Å². The largest absolute Gasteiger partial charge is 0.352 e. The van der Waals surface area contributed by atoms with Gasteiger partial charge in [-0.15, -0.1) is 0 Å². The Kier molecular flexibility index (Phi) is 12.9. The fraction of sp³-hybridized carbons (Fsp3) is 0.394. The Balaban J connectivity index is 1.91. The van der Waals surface area contributed by atoms with E-state index in [0.717, 1.165) is 30.2 Å². The number of anilines is 1. The molecule has 3 aromatic rings. The first-order valence-corrected chi connectivity index (χ1v) is 17.2. The first-order valence-electron chi connectivity index (χ1n) is 14.6. The van der Waals surface area contributed by atoms with Gasteiger partial charge in [-0.2, -0.15) is 0 Å². The first-order chi connectivity index (χ1) is 20.4. The van der Waals surface area contributed by atoms with Crippen LogP contribution in [-0.4, -0.2) is 50.0 Å². The average molecular weight is 647 g/mol.